The van der Waals surface area contributed by atoms with Gasteiger partial charge in [-0.05, 0) is 45.3 Å². The second-order valence-corrected chi connectivity index (χ2v) is 6.56. The van der Waals surface area contributed by atoms with Crippen LogP contribution in [0, 0.1) is 5.92 Å². The van der Waals surface area contributed by atoms with Crippen molar-refractivity contribution in [3.05, 3.63) is 42.9 Å². The van der Waals surface area contributed by atoms with E-state index in [1.165, 1.54) is 31.4 Å². The van der Waals surface area contributed by atoms with Crippen LogP contribution in [-0.4, -0.2) is 34.6 Å². The summed E-state index contributed by atoms with van der Waals surface area (Å²) in [4.78, 5) is 6.94. The Hall–Kier alpha value is -1.61. The van der Waals surface area contributed by atoms with Gasteiger partial charge in [-0.3, -0.25) is 0 Å². The van der Waals surface area contributed by atoms with Crippen LogP contribution in [0.4, 0.5) is 0 Å². The average molecular weight is 299 g/mol. The summed E-state index contributed by atoms with van der Waals surface area (Å²) in [5, 5.41) is 0. The molecule has 0 bridgehead atoms. The van der Waals surface area contributed by atoms with Gasteiger partial charge >= 0.3 is 0 Å². The summed E-state index contributed by atoms with van der Waals surface area (Å²) < 4.78 is 2.20. The monoisotopic (exact) mass is 299 g/mol. The summed E-state index contributed by atoms with van der Waals surface area (Å²) in [7, 11) is 2.23. The van der Waals surface area contributed by atoms with Gasteiger partial charge in [0, 0.05) is 18.3 Å². The fraction of sp³-hybridized carbons (Fsp3) is 0.526. The minimum Gasteiger partial charge on any atom is -0.337 e. The highest BCUT2D eigenvalue weighted by atomic mass is 15.1. The summed E-state index contributed by atoms with van der Waals surface area (Å²) in [6.45, 7) is 7.98. The van der Waals surface area contributed by atoms with Crippen LogP contribution in [0.15, 0.2) is 42.9 Å². The number of benzene rings is 1. The van der Waals surface area contributed by atoms with Crippen LogP contribution in [0.25, 0.3) is 11.3 Å². The Morgan fingerprint density at radius 1 is 1.09 bits per heavy atom. The Balaban J connectivity index is 1.70. The number of hydrogen-bond donors (Lipinski definition) is 0. The first kappa shape index (κ1) is 16.8. The quantitative estimate of drug-likeness (QED) is 0.688. The maximum atomic E-state index is 4.50. The van der Waals surface area contributed by atoms with E-state index in [-0.39, 0.29) is 0 Å². The predicted octanol–water partition coefficient (Wildman–Crippen LogP) is 4.31. The molecule has 0 unspecified atom stereocenters. The van der Waals surface area contributed by atoms with E-state index in [2.05, 4.69) is 65.8 Å². The van der Waals surface area contributed by atoms with Crippen molar-refractivity contribution in [1.29, 1.82) is 0 Å². The lowest BCUT2D eigenvalue weighted by atomic mass is 10.1. The van der Waals surface area contributed by atoms with Crippen molar-refractivity contribution in [3.63, 3.8) is 0 Å². The molecule has 1 heterocycles. The van der Waals surface area contributed by atoms with Crippen molar-refractivity contribution < 1.29 is 0 Å². The van der Waals surface area contributed by atoms with Gasteiger partial charge in [0.05, 0.1) is 12.0 Å². The molecule has 3 heteroatoms. The van der Waals surface area contributed by atoms with Gasteiger partial charge in [-0.2, -0.15) is 0 Å². The molecule has 1 aromatic heterocycles. The lowest BCUT2D eigenvalue weighted by Gasteiger charge is -2.17. The molecule has 0 fully saturated rings. The molecule has 0 N–H and O–H groups in total. The summed E-state index contributed by atoms with van der Waals surface area (Å²) in [5.74, 6) is 0.816. The minimum absolute atomic E-state index is 0.816. The summed E-state index contributed by atoms with van der Waals surface area (Å²) in [6, 6.07) is 10.4. The lowest BCUT2D eigenvalue weighted by Crippen LogP contribution is -2.22. The number of imidazole rings is 1. The largest absolute Gasteiger partial charge is 0.337 e. The number of aryl methyl sites for hydroxylation is 1. The van der Waals surface area contributed by atoms with Crippen LogP contribution in [0.2, 0.25) is 0 Å². The molecule has 0 atom stereocenters. The molecule has 0 aliphatic rings. The molecule has 0 aliphatic heterocycles. The molecule has 1 aromatic carbocycles. The third-order valence-corrected chi connectivity index (χ3v) is 3.98. The van der Waals surface area contributed by atoms with Gasteiger partial charge in [0.1, 0.15) is 0 Å². The van der Waals surface area contributed by atoms with Crippen molar-refractivity contribution in [2.24, 2.45) is 5.92 Å². The first-order valence-electron chi connectivity index (χ1n) is 8.41. The smallest absolute Gasteiger partial charge is 0.0953 e. The Bertz CT molecular complexity index is 531. The van der Waals surface area contributed by atoms with Crippen molar-refractivity contribution in [2.45, 2.75) is 39.7 Å². The van der Waals surface area contributed by atoms with Gasteiger partial charge < -0.3 is 9.47 Å². The zero-order chi connectivity index (χ0) is 15.8. The Morgan fingerprint density at radius 2 is 1.82 bits per heavy atom. The van der Waals surface area contributed by atoms with E-state index in [1.807, 2.05) is 12.4 Å². The zero-order valence-corrected chi connectivity index (χ0v) is 14.2. The molecule has 0 amide bonds. The molecular weight excluding hydrogens is 270 g/mol. The average Bonchev–Trinajstić information content (AvgIpc) is 2.97. The van der Waals surface area contributed by atoms with Crippen LogP contribution in [0.5, 0.6) is 0 Å². The van der Waals surface area contributed by atoms with Gasteiger partial charge in [-0.15, -0.1) is 0 Å². The van der Waals surface area contributed by atoms with E-state index >= 15 is 0 Å². The first-order valence-corrected chi connectivity index (χ1v) is 8.41. The molecule has 0 saturated carbocycles. The van der Waals surface area contributed by atoms with Crippen LogP contribution < -0.4 is 0 Å². The van der Waals surface area contributed by atoms with Crippen LogP contribution in [0.1, 0.15) is 33.1 Å². The van der Waals surface area contributed by atoms with Gasteiger partial charge in [0.15, 0.2) is 0 Å². The topological polar surface area (TPSA) is 21.1 Å². The number of rotatable bonds is 9. The normalized spacial score (nSPS) is 11.5. The summed E-state index contributed by atoms with van der Waals surface area (Å²) in [6.07, 6.45) is 7.89. The van der Waals surface area contributed by atoms with Gasteiger partial charge in [0.2, 0.25) is 0 Å². The van der Waals surface area contributed by atoms with E-state index in [4.69, 9.17) is 0 Å². The van der Waals surface area contributed by atoms with Crippen molar-refractivity contribution in [2.75, 3.05) is 20.1 Å². The number of nitrogens with zero attached hydrogens (tertiary/aromatic N) is 3. The maximum Gasteiger partial charge on any atom is 0.0953 e. The standard InChI is InChI=1S/C19H29N3/c1-17(2)9-7-12-21(3)13-8-14-22-15-19(20-16-22)18-10-5-4-6-11-18/h4-6,10-11,15-17H,7-9,12-14H2,1-3H3. The highest BCUT2D eigenvalue weighted by Crippen LogP contribution is 2.16. The van der Waals surface area contributed by atoms with Crippen molar-refractivity contribution in [1.82, 2.24) is 14.5 Å². The maximum absolute atomic E-state index is 4.50. The number of hydrogen-bond acceptors (Lipinski definition) is 2. The lowest BCUT2D eigenvalue weighted by molar-refractivity contribution is 0.307. The Kier molecular flexibility index (Phi) is 6.66. The Morgan fingerprint density at radius 3 is 2.55 bits per heavy atom. The van der Waals surface area contributed by atoms with Crippen LogP contribution in [-0.2, 0) is 6.54 Å². The second-order valence-electron chi connectivity index (χ2n) is 6.56. The van der Waals surface area contributed by atoms with Crippen LogP contribution >= 0.6 is 0 Å². The van der Waals surface area contributed by atoms with Gasteiger partial charge in [-0.25, -0.2) is 4.98 Å². The minimum atomic E-state index is 0.816. The second kappa shape index (κ2) is 8.74. The molecule has 0 saturated heterocycles. The zero-order valence-electron chi connectivity index (χ0n) is 14.2. The third-order valence-electron chi connectivity index (χ3n) is 3.98. The van der Waals surface area contributed by atoms with E-state index in [1.54, 1.807) is 0 Å². The molecular formula is C19H29N3. The molecule has 0 radical (unpaired) electrons. The molecule has 22 heavy (non-hydrogen) atoms. The first-order chi connectivity index (χ1) is 10.6. The SMILES string of the molecule is CC(C)CCCN(C)CCCn1cnc(-c2ccccc2)c1. The predicted molar refractivity (Wildman–Crippen MR) is 93.8 cm³/mol. The molecule has 0 spiro atoms. The fourth-order valence-electron chi connectivity index (χ4n) is 2.64. The van der Waals surface area contributed by atoms with Crippen molar-refractivity contribution in [3.8, 4) is 11.3 Å². The van der Waals surface area contributed by atoms with E-state index in [9.17, 15) is 0 Å². The van der Waals surface area contributed by atoms with Gasteiger partial charge in [-0.1, -0.05) is 44.2 Å². The highest BCUT2D eigenvalue weighted by molar-refractivity contribution is 5.57. The summed E-state index contributed by atoms with van der Waals surface area (Å²) >= 11 is 0. The van der Waals surface area contributed by atoms with Crippen molar-refractivity contribution >= 4 is 0 Å². The Labute approximate surface area is 135 Å². The van der Waals surface area contributed by atoms with E-state index in [0.29, 0.717) is 0 Å². The van der Waals surface area contributed by atoms with E-state index in [0.717, 1.165) is 24.7 Å². The molecule has 2 aromatic rings. The van der Waals surface area contributed by atoms with E-state index < -0.39 is 0 Å². The third kappa shape index (κ3) is 5.64. The molecule has 2 rings (SSSR count). The molecule has 3 nitrogen and oxygen atoms in total. The van der Waals surface area contributed by atoms with Gasteiger partial charge in [0.25, 0.3) is 0 Å². The molecule has 0 aliphatic carbocycles. The summed E-state index contributed by atoms with van der Waals surface area (Å²) in [5.41, 5.74) is 2.25. The molecule has 120 valence electrons. The highest BCUT2D eigenvalue weighted by Gasteiger charge is 2.03. The van der Waals surface area contributed by atoms with Crippen LogP contribution in [0.3, 0.4) is 0 Å². The fourth-order valence-corrected chi connectivity index (χ4v) is 2.64. The number of aromatic nitrogens is 2.